The van der Waals surface area contributed by atoms with Gasteiger partial charge in [0.2, 0.25) is 5.91 Å². The smallest absolute Gasteiger partial charge is 0.237 e. The molecule has 2 N–H and O–H groups in total. The third-order valence-electron chi connectivity index (χ3n) is 3.42. The molecule has 3 heteroatoms. The van der Waals surface area contributed by atoms with Crippen LogP contribution in [0.25, 0.3) is 0 Å². The first-order valence-corrected chi connectivity index (χ1v) is 6.74. The maximum atomic E-state index is 12.0. The van der Waals surface area contributed by atoms with Crippen LogP contribution in [0.1, 0.15) is 31.4 Å². The van der Waals surface area contributed by atoms with Gasteiger partial charge in [-0.05, 0) is 29.9 Å². The molecular weight excluding hydrogens is 224 g/mol. The first kappa shape index (κ1) is 13.1. The molecule has 0 bridgehead atoms. The average molecular weight is 246 g/mol. The molecule has 0 saturated carbocycles. The molecule has 1 atom stereocenters. The predicted molar refractivity (Wildman–Crippen MR) is 73.2 cm³/mol. The molecule has 0 fully saturated rings. The Labute approximate surface area is 109 Å². The van der Waals surface area contributed by atoms with Crippen molar-refractivity contribution in [1.82, 2.24) is 10.6 Å². The van der Waals surface area contributed by atoms with Crippen LogP contribution in [0.15, 0.2) is 24.3 Å². The van der Waals surface area contributed by atoms with Crippen molar-refractivity contribution < 1.29 is 4.79 Å². The molecule has 0 radical (unpaired) electrons. The number of rotatable bonds is 4. The minimum Gasteiger partial charge on any atom is -0.355 e. The molecule has 1 amide bonds. The molecule has 2 rings (SSSR count). The fourth-order valence-corrected chi connectivity index (χ4v) is 2.25. The summed E-state index contributed by atoms with van der Waals surface area (Å²) >= 11 is 0. The van der Waals surface area contributed by atoms with Crippen molar-refractivity contribution in [2.75, 3.05) is 6.54 Å². The first-order valence-electron chi connectivity index (χ1n) is 6.74. The number of benzene rings is 1. The van der Waals surface area contributed by atoms with Crippen LogP contribution < -0.4 is 10.6 Å². The van der Waals surface area contributed by atoms with Gasteiger partial charge in [-0.2, -0.15) is 0 Å². The van der Waals surface area contributed by atoms with E-state index in [1.165, 1.54) is 11.1 Å². The Balaban J connectivity index is 1.87. The van der Waals surface area contributed by atoms with Crippen molar-refractivity contribution in [2.45, 2.75) is 39.3 Å². The van der Waals surface area contributed by atoms with E-state index in [0.29, 0.717) is 5.92 Å². The van der Waals surface area contributed by atoms with Crippen LogP contribution in [0, 0.1) is 5.92 Å². The summed E-state index contributed by atoms with van der Waals surface area (Å²) < 4.78 is 0. The standard InChI is InChI=1S/C15H22N2O/c1-11(2)7-8-16-15(18)14-9-12-5-3-4-6-13(12)10-17-14/h3-6,11,14,17H,7-10H2,1-2H3,(H,16,18)/t14-/m0/s1. The Kier molecular flexibility index (Phi) is 4.37. The van der Waals surface area contributed by atoms with Crippen molar-refractivity contribution >= 4 is 5.91 Å². The molecular formula is C15H22N2O. The zero-order valence-corrected chi connectivity index (χ0v) is 11.2. The zero-order chi connectivity index (χ0) is 13.0. The molecule has 0 aromatic heterocycles. The molecule has 0 unspecified atom stereocenters. The van der Waals surface area contributed by atoms with Crippen LogP contribution in [0.5, 0.6) is 0 Å². The van der Waals surface area contributed by atoms with E-state index in [0.717, 1.165) is 25.9 Å². The highest BCUT2D eigenvalue weighted by molar-refractivity contribution is 5.82. The van der Waals surface area contributed by atoms with Crippen LogP contribution in [-0.2, 0) is 17.8 Å². The van der Waals surface area contributed by atoms with Crippen LogP contribution >= 0.6 is 0 Å². The second-order valence-electron chi connectivity index (χ2n) is 5.38. The number of amides is 1. The molecule has 3 nitrogen and oxygen atoms in total. The SMILES string of the molecule is CC(C)CCNC(=O)[C@@H]1Cc2ccccc2CN1. The van der Waals surface area contributed by atoms with Gasteiger partial charge in [0.25, 0.3) is 0 Å². The highest BCUT2D eigenvalue weighted by atomic mass is 16.2. The molecule has 1 aliphatic heterocycles. The van der Waals surface area contributed by atoms with E-state index in [1.807, 2.05) is 12.1 Å². The van der Waals surface area contributed by atoms with E-state index in [9.17, 15) is 4.79 Å². The molecule has 0 saturated heterocycles. The van der Waals surface area contributed by atoms with Crippen LogP contribution in [0.2, 0.25) is 0 Å². The predicted octanol–water partition coefficient (Wildman–Crippen LogP) is 1.86. The lowest BCUT2D eigenvalue weighted by atomic mass is 9.95. The van der Waals surface area contributed by atoms with E-state index >= 15 is 0 Å². The lowest BCUT2D eigenvalue weighted by Gasteiger charge is -2.25. The minimum absolute atomic E-state index is 0.0768. The molecule has 18 heavy (non-hydrogen) atoms. The summed E-state index contributed by atoms with van der Waals surface area (Å²) in [6.07, 6.45) is 1.83. The monoisotopic (exact) mass is 246 g/mol. The van der Waals surface area contributed by atoms with Gasteiger partial charge in [-0.25, -0.2) is 0 Å². The lowest BCUT2D eigenvalue weighted by molar-refractivity contribution is -0.123. The van der Waals surface area contributed by atoms with E-state index in [1.54, 1.807) is 0 Å². The maximum Gasteiger partial charge on any atom is 0.237 e. The Bertz CT molecular complexity index is 415. The number of hydrogen-bond donors (Lipinski definition) is 2. The van der Waals surface area contributed by atoms with Crippen LogP contribution in [-0.4, -0.2) is 18.5 Å². The second-order valence-corrected chi connectivity index (χ2v) is 5.38. The third-order valence-corrected chi connectivity index (χ3v) is 3.42. The maximum absolute atomic E-state index is 12.0. The lowest BCUT2D eigenvalue weighted by Crippen LogP contribution is -2.47. The molecule has 0 aliphatic carbocycles. The van der Waals surface area contributed by atoms with E-state index in [2.05, 4.69) is 36.6 Å². The van der Waals surface area contributed by atoms with Crippen LogP contribution in [0.3, 0.4) is 0 Å². The Morgan fingerprint density at radius 1 is 1.39 bits per heavy atom. The fraction of sp³-hybridized carbons (Fsp3) is 0.533. The summed E-state index contributed by atoms with van der Waals surface area (Å²) in [6.45, 7) is 5.90. The van der Waals surface area contributed by atoms with Gasteiger partial charge >= 0.3 is 0 Å². The van der Waals surface area contributed by atoms with E-state index in [4.69, 9.17) is 0 Å². The second kappa shape index (κ2) is 6.01. The zero-order valence-electron chi connectivity index (χ0n) is 11.2. The molecule has 1 aliphatic rings. The van der Waals surface area contributed by atoms with Gasteiger partial charge in [0.15, 0.2) is 0 Å². The van der Waals surface area contributed by atoms with Crippen molar-refractivity contribution in [3.05, 3.63) is 35.4 Å². The third kappa shape index (κ3) is 3.33. The number of carbonyl (C=O) groups is 1. The quantitative estimate of drug-likeness (QED) is 0.851. The molecule has 0 spiro atoms. The highest BCUT2D eigenvalue weighted by Crippen LogP contribution is 2.16. The number of nitrogens with one attached hydrogen (secondary N) is 2. The summed E-state index contributed by atoms with van der Waals surface area (Å²) in [4.78, 5) is 12.0. The van der Waals surface area contributed by atoms with Gasteiger partial charge < -0.3 is 10.6 Å². The molecule has 1 aromatic rings. The number of fused-ring (bicyclic) bond motifs is 1. The Hall–Kier alpha value is -1.35. The van der Waals surface area contributed by atoms with Gasteiger partial charge in [0, 0.05) is 13.1 Å². The molecule has 1 heterocycles. The summed E-state index contributed by atoms with van der Waals surface area (Å²) in [7, 11) is 0. The normalized spacial score (nSPS) is 18.5. The summed E-state index contributed by atoms with van der Waals surface area (Å²) in [5.41, 5.74) is 2.60. The largest absolute Gasteiger partial charge is 0.355 e. The van der Waals surface area contributed by atoms with E-state index < -0.39 is 0 Å². The van der Waals surface area contributed by atoms with Gasteiger partial charge in [0.05, 0.1) is 6.04 Å². The van der Waals surface area contributed by atoms with E-state index in [-0.39, 0.29) is 11.9 Å². The highest BCUT2D eigenvalue weighted by Gasteiger charge is 2.23. The summed E-state index contributed by atoms with van der Waals surface area (Å²) in [5.74, 6) is 0.760. The van der Waals surface area contributed by atoms with Gasteiger partial charge in [-0.1, -0.05) is 38.1 Å². The molecule has 1 aromatic carbocycles. The van der Waals surface area contributed by atoms with Crippen molar-refractivity contribution in [1.29, 1.82) is 0 Å². The van der Waals surface area contributed by atoms with Crippen LogP contribution in [0.4, 0.5) is 0 Å². The number of carbonyl (C=O) groups excluding carboxylic acids is 1. The average Bonchev–Trinajstić information content (AvgIpc) is 2.37. The minimum atomic E-state index is -0.0768. The van der Waals surface area contributed by atoms with Gasteiger partial charge in [-0.3, -0.25) is 4.79 Å². The van der Waals surface area contributed by atoms with Crippen molar-refractivity contribution in [2.24, 2.45) is 5.92 Å². The van der Waals surface area contributed by atoms with Crippen molar-refractivity contribution in [3.63, 3.8) is 0 Å². The summed E-state index contributed by atoms with van der Waals surface area (Å²) in [6, 6.07) is 8.24. The summed E-state index contributed by atoms with van der Waals surface area (Å²) in [5, 5.41) is 6.31. The number of hydrogen-bond acceptors (Lipinski definition) is 2. The first-order chi connectivity index (χ1) is 8.66. The Morgan fingerprint density at radius 2 is 2.11 bits per heavy atom. The fourth-order valence-electron chi connectivity index (χ4n) is 2.25. The molecule has 98 valence electrons. The van der Waals surface area contributed by atoms with Gasteiger partial charge in [0.1, 0.15) is 0 Å². The Morgan fingerprint density at radius 3 is 2.83 bits per heavy atom. The topological polar surface area (TPSA) is 41.1 Å². The van der Waals surface area contributed by atoms with Gasteiger partial charge in [-0.15, -0.1) is 0 Å². The van der Waals surface area contributed by atoms with Crippen molar-refractivity contribution in [3.8, 4) is 0 Å².